The van der Waals surface area contributed by atoms with Crippen LogP contribution in [0.4, 0.5) is 0 Å². The van der Waals surface area contributed by atoms with E-state index in [4.69, 9.17) is 40.5 Å². The molecule has 86 valence electrons. The quantitative estimate of drug-likeness (QED) is 0.263. The molecule has 14 heavy (non-hydrogen) atoms. The van der Waals surface area contributed by atoms with Crippen LogP contribution >= 0.6 is 0 Å². The van der Waals surface area contributed by atoms with Crippen molar-refractivity contribution in [1.29, 1.82) is 0 Å². The minimum atomic E-state index is -1.50. The Balaban J connectivity index is -0.000000135. The third-order valence-corrected chi connectivity index (χ3v) is 0.421. The number of aliphatic hydroxyl groups is 3. The van der Waals surface area contributed by atoms with E-state index in [0.717, 1.165) is 6.92 Å². The van der Waals surface area contributed by atoms with Gasteiger partial charge in [-0.3, -0.25) is 4.79 Å². The van der Waals surface area contributed by atoms with Crippen LogP contribution in [0, 0.1) is 10.1 Å². The van der Waals surface area contributed by atoms with E-state index in [2.05, 4.69) is 0 Å². The number of hydrogen-bond donors (Lipinski definition) is 5. The number of aliphatic hydroxyl groups excluding tert-OH is 3. The molecule has 0 aromatic heterocycles. The molecular formula is C5H13NO8. The summed E-state index contributed by atoms with van der Waals surface area (Å²) in [6.07, 6.45) is -0.954. The molecule has 0 aromatic carbocycles. The summed E-state index contributed by atoms with van der Waals surface area (Å²) in [7, 11) is 0. The number of carboxylic acids is 1. The Hall–Kier alpha value is -1.45. The van der Waals surface area contributed by atoms with Crippen LogP contribution in [0.2, 0.25) is 0 Å². The lowest BCUT2D eigenvalue weighted by Gasteiger charge is -1.96. The van der Waals surface area contributed by atoms with Crippen LogP contribution in [0.15, 0.2) is 0 Å². The van der Waals surface area contributed by atoms with Gasteiger partial charge in [-0.05, 0) is 0 Å². The smallest absolute Gasteiger partial charge is 0.300 e. The molecule has 0 aliphatic carbocycles. The maximum Gasteiger partial charge on any atom is 0.300 e. The van der Waals surface area contributed by atoms with Crippen molar-refractivity contribution >= 4 is 5.97 Å². The lowest BCUT2D eigenvalue weighted by atomic mass is 10.4. The van der Waals surface area contributed by atoms with Crippen LogP contribution in [0.1, 0.15) is 6.92 Å². The first kappa shape index (κ1) is 18.4. The highest BCUT2D eigenvalue weighted by atomic mass is 16.9. The van der Waals surface area contributed by atoms with Gasteiger partial charge >= 0.3 is 0 Å². The zero-order chi connectivity index (χ0) is 12.1. The standard InChI is InChI=1S/C3H8O3.C2H4O2.HNO3/c4-1-3(6)2-5;1-2(3)4;2-1(3)4/h3-6H,1-2H2;1H3,(H,3,4);(H,2,3,4). The first-order valence-electron chi connectivity index (χ1n) is 3.20. The molecule has 0 saturated heterocycles. The molecular weight excluding hydrogens is 202 g/mol. The van der Waals surface area contributed by atoms with E-state index in [1.165, 1.54) is 0 Å². The molecule has 0 unspecified atom stereocenters. The molecule has 0 radical (unpaired) electrons. The van der Waals surface area contributed by atoms with Crippen molar-refractivity contribution in [1.82, 2.24) is 0 Å². The predicted octanol–water partition coefficient (Wildman–Crippen LogP) is -1.92. The fourth-order valence-corrected chi connectivity index (χ4v) is 0.0577. The monoisotopic (exact) mass is 215 g/mol. The second-order valence-corrected chi connectivity index (χ2v) is 1.78. The third kappa shape index (κ3) is 148. The topological polar surface area (TPSA) is 161 Å². The van der Waals surface area contributed by atoms with Gasteiger partial charge in [0, 0.05) is 6.92 Å². The summed E-state index contributed by atoms with van der Waals surface area (Å²) in [6.45, 7) is 0.354. The van der Waals surface area contributed by atoms with Crippen molar-refractivity contribution in [3.8, 4) is 0 Å². The third-order valence-electron chi connectivity index (χ3n) is 0.421. The van der Waals surface area contributed by atoms with Gasteiger partial charge in [-0.15, -0.1) is 10.1 Å². The Morgan fingerprint density at radius 3 is 1.57 bits per heavy atom. The van der Waals surface area contributed by atoms with E-state index in [1.807, 2.05) is 0 Å². The Morgan fingerprint density at radius 1 is 1.43 bits per heavy atom. The van der Waals surface area contributed by atoms with E-state index in [0.29, 0.717) is 0 Å². The first-order chi connectivity index (χ1) is 6.27. The Bertz CT molecular complexity index is 125. The lowest BCUT2D eigenvalue weighted by Crippen LogP contribution is -2.15. The molecule has 0 aromatic rings. The first-order valence-corrected chi connectivity index (χ1v) is 3.20. The Morgan fingerprint density at radius 2 is 1.57 bits per heavy atom. The maximum absolute atomic E-state index is 9.00. The molecule has 0 saturated carbocycles. The highest BCUT2D eigenvalue weighted by molar-refractivity contribution is 5.62. The van der Waals surface area contributed by atoms with Crippen LogP contribution in [0.3, 0.4) is 0 Å². The molecule has 0 spiro atoms. The molecule has 0 rings (SSSR count). The zero-order valence-electron chi connectivity index (χ0n) is 7.40. The Kier molecular flexibility index (Phi) is 18.5. The highest BCUT2D eigenvalue weighted by Gasteiger charge is 1.93. The van der Waals surface area contributed by atoms with E-state index in [9.17, 15) is 0 Å². The van der Waals surface area contributed by atoms with Crippen molar-refractivity contribution < 1.29 is 35.5 Å². The number of aliphatic carboxylic acids is 1. The SMILES string of the molecule is CC(=O)O.O=[N+]([O-])O.OCC(O)CO. The van der Waals surface area contributed by atoms with E-state index in [1.54, 1.807) is 0 Å². The molecule has 0 fully saturated rings. The van der Waals surface area contributed by atoms with Crippen LogP contribution in [-0.4, -0.2) is 56.0 Å². The largest absolute Gasteiger partial charge is 0.481 e. The van der Waals surface area contributed by atoms with Gasteiger partial charge < -0.3 is 25.6 Å². The molecule has 5 N–H and O–H groups in total. The van der Waals surface area contributed by atoms with Gasteiger partial charge in [-0.2, -0.15) is 0 Å². The summed E-state index contributed by atoms with van der Waals surface area (Å²) >= 11 is 0. The molecule has 0 atom stereocenters. The van der Waals surface area contributed by atoms with Gasteiger partial charge in [0.15, 0.2) is 0 Å². The number of hydrogen-bond acceptors (Lipinski definition) is 6. The second-order valence-electron chi connectivity index (χ2n) is 1.78. The van der Waals surface area contributed by atoms with E-state index >= 15 is 0 Å². The van der Waals surface area contributed by atoms with Gasteiger partial charge in [0.05, 0.1) is 13.2 Å². The van der Waals surface area contributed by atoms with Crippen molar-refractivity contribution in [3.05, 3.63) is 10.1 Å². The van der Waals surface area contributed by atoms with Gasteiger partial charge in [-0.25, -0.2) is 0 Å². The van der Waals surface area contributed by atoms with Gasteiger partial charge in [-0.1, -0.05) is 0 Å². The van der Waals surface area contributed by atoms with Crippen LogP contribution in [0.25, 0.3) is 0 Å². The summed E-state index contributed by atoms with van der Waals surface area (Å²) in [5.41, 5.74) is 0. The summed E-state index contributed by atoms with van der Waals surface area (Å²) in [4.78, 5) is 17.4. The number of rotatable bonds is 2. The second kappa shape index (κ2) is 14.1. The molecule has 0 aliphatic rings. The minimum absolute atomic E-state index is 0.365. The van der Waals surface area contributed by atoms with E-state index in [-0.39, 0.29) is 13.2 Å². The van der Waals surface area contributed by atoms with Crippen molar-refractivity contribution in [2.45, 2.75) is 13.0 Å². The van der Waals surface area contributed by atoms with Crippen LogP contribution in [0.5, 0.6) is 0 Å². The van der Waals surface area contributed by atoms with Gasteiger partial charge in [0.1, 0.15) is 6.10 Å². The summed E-state index contributed by atoms with van der Waals surface area (Å²) in [6, 6.07) is 0. The molecule has 9 heteroatoms. The maximum atomic E-state index is 9.00. The normalized spacial score (nSPS) is 7.79. The summed E-state index contributed by atoms with van der Waals surface area (Å²) < 4.78 is 0. The predicted molar refractivity (Wildman–Crippen MR) is 42.3 cm³/mol. The highest BCUT2D eigenvalue weighted by Crippen LogP contribution is 1.71. The molecule has 0 heterocycles. The van der Waals surface area contributed by atoms with Crippen molar-refractivity contribution in [2.75, 3.05) is 13.2 Å². The Labute approximate surface area is 79.0 Å². The fraction of sp³-hybridized carbons (Fsp3) is 0.800. The van der Waals surface area contributed by atoms with Crippen LogP contribution < -0.4 is 0 Å². The fourth-order valence-electron chi connectivity index (χ4n) is 0.0577. The van der Waals surface area contributed by atoms with Crippen LogP contribution in [-0.2, 0) is 4.79 Å². The summed E-state index contributed by atoms with van der Waals surface area (Å²) in [5, 5.41) is 45.1. The molecule has 0 bridgehead atoms. The lowest BCUT2D eigenvalue weighted by molar-refractivity contribution is -0.742. The number of carboxylic acid groups (broad SMARTS) is 1. The molecule has 0 aliphatic heterocycles. The molecule has 0 amide bonds. The average molecular weight is 215 g/mol. The summed E-state index contributed by atoms with van der Waals surface area (Å²) in [5.74, 6) is -0.833. The van der Waals surface area contributed by atoms with E-state index < -0.39 is 17.2 Å². The number of nitrogens with zero attached hydrogens (tertiary/aromatic N) is 1. The van der Waals surface area contributed by atoms with Crippen molar-refractivity contribution in [3.63, 3.8) is 0 Å². The van der Waals surface area contributed by atoms with Gasteiger partial charge in [0.25, 0.3) is 11.1 Å². The molecule has 9 nitrogen and oxygen atoms in total. The average Bonchev–Trinajstić information content (AvgIpc) is 2.01. The zero-order valence-corrected chi connectivity index (χ0v) is 7.40. The number of carbonyl (C=O) groups is 1. The van der Waals surface area contributed by atoms with Crippen molar-refractivity contribution in [2.24, 2.45) is 0 Å². The minimum Gasteiger partial charge on any atom is -0.481 e. The van der Waals surface area contributed by atoms with Gasteiger partial charge in [0.2, 0.25) is 0 Å².